The fourth-order valence-electron chi connectivity index (χ4n) is 8.78. The zero-order valence-corrected chi connectivity index (χ0v) is 26.4. The van der Waals surface area contributed by atoms with Crippen LogP contribution in [0.1, 0.15) is 86.9 Å². The van der Waals surface area contributed by atoms with Crippen LogP contribution in [0.15, 0.2) is 48.5 Å². The van der Waals surface area contributed by atoms with Gasteiger partial charge in [-0.05, 0) is 42.6 Å². The second-order valence-corrected chi connectivity index (χ2v) is 19.9. The molecule has 0 saturated carbocycles. The summed E-state index contributed by atoms with van der Waals surface area (Å²) in [5.74, 6) is -0.163. The van der Waals surface area contributed by atoms with Crippen LogP contribution in [-0.2, 0) is 0 Å². The summed E-state index contributed by atoms with van der Waals surface area (Å²) in [6.45, 7) is 17.8. The number of carbonyl (C=O) groups is 2. The molecule has 4 heterocycles. The Morgan fingerprint density at radius 3 is 1.40 bits per heavy atom. The molecule has 0 N–H and O–H groups in total. The lowest BCUT2D eigenvalue weighted by Gasteiger charge is -2.48. The van der Waals surface area contributed by atoms with E-state index in [1.807, 2.05) is 16.3 Å². The number of aromatic nitrogens is 2. The van der Waals surface area contributed by atoms with Gasteiger partial charge in [0.1, 0.15) is 0 Å². The number of para-hydroxylation sites is 2. The van der Waals surface area contributed by atoms with Crippen molar-refractivity contribution in [3.63, 3.8) is 0 Å². The van der Waals surface area contributed by atoms with Crippen molar-refractivity contribution < 1.29 is 9.59 Å². The molecule has 2 unspecified atom stereocenters. The van der Waals surface area contributed by atoms with E-state index in [0.717, 1.165) is 43.6 Å². The topological polar surface area (TPSA) is 47.2 Å². The summed E-state index contributed by atoms with van der Waals surface area (Å²) in [5.41, 5.74) is 6.37. The van der Waals surface area contributed by atoms with Crippen molar-refractivity contribution in [3.8, 4) is 0 Å². The van der Waals surface area contributed by atoms with Crippen molar-refractivity contribution in [2.75, 3.05) is 0 Å². The van der Waals surface area contributed by atoms with Crippen molar-refractivity contribution >= 4 is 75.4 Å². The Balaban J connectivity index is 1.76. The molecule has 0 radical (unpaired) electrons. The molecule has 2 atom stereocenters. The normalized spacial score (nSPS) is 19.6. The van der Waals surface area contributed by atoms with Crippen LogP contribution in [0.25, 0.3) is 43.6 Å². The molecule has 2 aliphatic rings. The summed E-state index contributed by atoms with van der Waals surface area (Å²) in [5, 5.41) is 4.34. The molecular formula is C33H37N3O2SSi. The number of amides is 2. The van der Waals surface area contributed by atoms with Gasteiger partial charge in [0.15, 0.2) is 8.24 Å². The Morgan fingerprint density at radius 1 is 0.650 bits per heavy atom. The maximum absolute atomic E-state index is 15.0. The lowest BCUT2D eigenvalue weighted by molar-refractivity contribution is 0.0743. The molecule has 0 saturated heterocycles. The van der Waals surface area contributed by atoms with Gasteiger partial charge in [-0.1, -0.05) is 77.9 Å². The van der Waals surface area contributed by atoms with E-state index in [-0.39, 0.29) is 39.2 Å². The first-order chi connectivity index (χ1) is 19.0. The molecule has 0 bridgehead atoms. The monoisotopic (exact) mass is 567 g/mol. The van der Waals surface area contributed by atoms with Crippen molar-refractivity contribution in [2.24, 2.45) is 0 Å². The Bertz CT molecular complexity index is 1770. The van der Waals surface area contributed by atoms with Crippen molar-refractivity contribution in [1.29, 1.82) is 0 Å². The predicted molar refractivity (Wildman–Crippen MR) is 171 cm³/mol. The molecule has 7 heteroatoms. The van der Waals surface area contributed by atoms with E-state index in [1.54, 1.807) is 0 Å². The third-order valence-electron chi connectivity index (χ3n) is 9.91. The van der Waals surface area contributed by atoms with Gasteiger partial charge >= 0.3 is 0 Å². The van der Waals surface area contributed by atoms with Gasteiger partial charge in [-0.3, -0.25) is 9.59 Å². The highest BCUT2D eigenvalue weighted by atomic mass is 32.2. The minimum absolute atomic E-state index is 0.0815. The Kier molecular flexibility index (Phi) is 5.50. The molecule has 2 amide bonds. The van der Waals surface area contributed by atoms with E-state index in [2.05, 4.69) is 113 Å². The number of hydrogen-bond donors (Lipinski definition) is 0. The number of benzene rings is 3. The summed E-state index contributed by atoms with van der Waals surface area (Å²) >= 11 is 1.91. The molecule has 2 aromatic heterocycles. The minimum atomic E-state index is -2.62. The molecule has 0 aliphatic carbocycles. The first-order valence-electron chi connectivity index (χ1n) is 14.6. The van der Waals surface area contributed by atoms with E-state index in [4.69, 9.17) is 0 Å². The third-order valence-corrected chi connectivity index (χ3v) is 17.9. The van der Waals surface area contributed by atoms with Crippen LogP contribution in [0.4, 0.5) is 0 Å². The number of thioether (sulfide) groups is 1. The first-order valence-corrected chi connectivity index (χ1v) is 17.7. The van der Waals surface area contributed by atoms with Crippen LogP contribution in [0.5, 0.6) is 0 Å². The second-order valence-electron chi connectivity index (χ2n) is 12.6. The number of fused-ring (bicyclic) bond motifs is 9. The lowest BCUT2D eigenvalue weighted by Crippen LogP contribution is -2.62. The van der Waals surface area contributed by atoms with Gasteiger partial charge in [-0.25, -0.2) is 0 Å². The van der Waals surface area contributed by atoms with E-state index in [9.17, 15) is 9.59 Å². The van der Waals surface area contributed by atoms with Crippen LogP contribution in [0.3, 0.4) is 0 Å². The molecule has 5 nitrogen and oxygen atoms in total. The molecule has 7 rings (SSSR count). The maximum atomic E-state index is 15.0. The molecule has 3 aromatic carbocycles. The zero-order valence-electron chi connectivity index (χ0n) is 24.6. The first kappa shape index (κ1) is 25.9. The summed E-state index contributed by atoms with van der Waals surface area (Å²) in [6, 6.07) is 16.9. The Hall–Kier alpha value is -3.03. The largest absolute Gasteiger partial charge is 0.326 e. The van der Waals surface area contributed by atoms with Gasteiger partial charge in [0.05, 0.1) is 43.9 Å². The highest BCUT2D eigenvalue weighted by Gasteiger charge is 2.57. The number of hydrogen-bond acceptors (Lipinski definition) is 3. The average Bonchev–Trinajstić information content (AvgIpc) is 3.48. The molecule has 206 valence electrons. The predicted octanol–water partition coefficient (Wildman–Crippen LogP) is 9.46. The molecular weight excluding hydrogens is 531 g/mol. The van der Waals surface area contributed by atoms with Crippen LogP contribution in [0.2, 0.25) is 16.6 Å². The van der Waals surface area contributed by atoms with Gasteiger partial charge in [0.2, 0.25) is 0 Å². The highest BCUT2D eigenvalue weighted by Crippen LogP contribution is 2.55. The van der Waals surface area contributed by atoms with Crippen LogP contribution >= 0.6 is 11.8 Å². The number of carbonyl (C=O) groups excluding carboxylic acids is 2. The summed E-state index contributed by atoms with van der Waals surface area (Å²) < 4.78 is 6.67. The van der Waals surface area contributed by atoms with Crippen molar-refractivity contribution in [1.82, 2.24) is 13.7 Å². The highest BCUT2D eigenvalue weighted by molar-refractivity contribution is 7.99. The van der Waals surface area contributed by atoms with Crippen molar-refractivity contribution in [2.45, 2.75) is 82.8 Å². The average molecular weight is 568 g/mol. The standard InChI is InChI=1S/C33H37N3O2SSi/c1-17(2)40(18(3)4,19(5)6)36-32(37)28-26-22-13-9-11-15-24(22)34-20(7)39-21(8)35-25-16-12-10-14-23(25)27(29(28)33(36)38)31(35)30(26)34/h9-21H,1-8H3. The number of imide groups is 1. The van der Waals surface area contributed by atoms with Crippen molar-refractivity contribution in [3.05, 3.63) is 59.7 Å². The quantitative estimate of drug-likeness (QED) is 0.160. The lowest BCUT2D eigenvalue weighted by atomic mass is 9.96. The molecule has 5 aromatic rings. The number of rotatable bonds is 4. The molecule has 2 aliphatic heterocycles. The Morgan fingerprint density at radius 2 is 1.02 bits per heavy atom. The molecule has 0 fully saturated rings. The van der Waals surface area contributed by atoms with E-state index in [1.165, 1.54) is 0 Å². The number of nitrogens with zero attached hydrogens (tertiary/aromatic N) is 3. The van der Waals surface area contributed by atoms with E-state index < -0.39 is 8.24 Å². The summed E-state index contributed by atoms with van der Waals surface area (Å²) in [7, 11) is -2.62. The van der Waals surface area contributed by atoms with E-state index >= 15 is 0 Å². The summed E-state index contributed by atoms with van der Waals surface area (Å²) in [6.07, 6.45) is 0. The zero-order chi connectivity index (χ0) is 28.4. The van der Waals surface area contributed by atoms with Gasteiger partial charge in [0, 0.05) is 21.5 Å². The van der Waals surface area contributed by atoms with Gasteiger partial charge in [-0.2, -0.15) is 0 Å². The van der Waals surface area contributed by atoms with Gasteiger partial charge in [0.25, 0.3) is 11.8 Å². The molecule has 0 spiro atoms. The van der Waals surface area contributed by atoms with Crippen LogP contribution in [0, 0.1) is 0 Å². The van der Waals surface area contributed by atoms with Gasteiger partial charge < -0.3 is 13.7 Å². The third kappa shape index (κ3) is 2.85. The van der Waals surface area contributed by atoms with Crippen LogP contribution < -0.4 is 0 Å². The summed E-state index contributed by atoms with van der Waals surface area (Å²) in [4.78, 5) is 30.0. The maximum Gasteiger partial charge on any atom is 0.254 e. The smallest absolute Gasteiger partial charge is 0.254 e. The SMILES string of the molecule is CC1SC(C)n2c3ccccc3c3c4c(c5c6ccccc6n1c5c32)C(=O)N([Si](C(C)C)(C(C)C)C(C)C)C4=O. The van der Waals surface area contributed by atoms with E-state index in [0.29, 0.717) is 11.1 Å². The fraction of sp³-hybridized carbons (Fsp3) is 0.394. The second kappa shape index (κ2) is 8.49. The van der Waals surface area contributed by atoms with Gasteiger partial charge in [-0.15, -0.1) is 11.8 Å². The molecule has 40 heavy (non-hydrogen) atoms. The van der Waals surface area contributed by atoms with Crippen LogP contribution in [-0.4, -0.2) is 33.7 Å². The minimum Gasteiger partial charge on any atom is -0.326 e. The fourth-order valence-corrected chi connectivity index (χ4v) is 16.5. The Labute approximate surface area is 240 Å².